The van der Waals surface area contributed by atoms with Crippen molar-refractivity contribution in [1.29, 1.82) is 0 Å². The number of amides is 4. The SMILES string of the molecule is COC(=O)N(C)CCN(C)C(=O)Oc1ccc(COC(C)=O)cc1CC(=O)CCCC(=O)CCCCCN1C(=O)C=CC1=O. The van der Waals surface area contributed by atoms with Gasteiger partial charge in [-0.05, 0) is 37.0 Å². The number of carbonyl (C=O) groups is 7. The lowest BCUT2D eigenvalue weighted by atomic mass is 10.0. The predicted molar refractivity (Wildman–Crippen MR) is 157 cm³/mol. The molecule has 1 heterocycles. The summed E-state index contributed by atoms with van der Waals surface area (Å²) < 4.78 is 15.2. The molecule has 2 rings (SSSR count). The lowest BCUT2D eigenvalue weighted by Crippen LogP contribution is -2.38. The maximum absolute atomic E-state index is 12.8. The van der Waals surface area contributed by atoms with Crippen molar-refractivity contribution in [1.82, 2.24) is 14.7 Å². The highest BCUT2D eigenvalue weighted by Gasteiger charge is 2.22. The van der Waals surface area contributed by atoms with Gasteiger partial charge in [0.1, 0.15) is 23.9 Å². The number of ketones is 2. The second-order valence-corrected chi connectivity index (χ2v) is 10.5. The molecule has 1 aliphatic rings. The number of likely N-dealkylation sites (N-methyl/N-ethyl adjacent to an activating group) is 2. The van der Waals surface area contributed by atoms with E-state index >= 15 is 0 Å². The molecule has 4 amide bonds. The molecule has 0 saturated heterocycles. The second kappa shape index (κ2) is 18.2. The third-order valence-electron chi connectivity index (χ3n) is 6.87. The van der Waals surface area contributed by atoms with Gasteiger partial charge in [-0.2, -0.15) is 0 Å². The number of methoxy groups -OCH3 is 1. The van der Waals surface area contributed by atoms with Crippen LogP contribution >= 0.6 is 0 Å². The van der Waals surface area contributed by atoms with Gasteiger partial charge in [-0.25, -0.2) is 9.59 Å². The van der Waals surface area contributed by atoms with Gasteiger partial charge in [0.05, 0.1) is 7.11 Å². The van der Waals surface area contributed by atoms with E-state index in [2.05, 4.69) is 4.74 Å². The van der Waals surface area contributed by atoms with E-state index in [4.69, 9.17) is 9.47 Å². The van der Waals surface area contributed by atoms with Gasteiger partial charge in [0.25, 0.3) is 11.8 Å². The van der Waals surface area contributed by atoms with Crippen molar-refractivity contribution in [2.45, 2.75) is 64.9 Å². The predicted octanol–water partition coefficient (Wildman–Crippen LogP) is 3.21. The number of unbranched alkanes of at least 4 members (excludes halogenated alkanes) is 2. The minimum Gasteiger partial charge on any atom is -0.461 e. The molecular weight excluding hydrogens is 574 g/mol. The minimum absolute atomic E-state index is 0.0133. The van der Waals surface area contributed by atoms with Crippen LogP contribution in [0.1, 0.15) is 63.0 Å². The number of nitrogens with zero attached hydrogens (tertiary/aromatic N) is 3. The summed E-state index contributed by atoms with van der Waals surface area (Å²) in [4.78, 5) is 87.5. The first-order valence-electron chi connectivity index (χ1n) is 14.4. The quantitative estimate of drug-likeness (QED) is 0.136. The normalized spacial score (nSPS) is 12.2. The summed E-state index contributed by atoms with van der Waals surface area (Å²) in [6.07, 6.45) is 4.29. The maximum Gasteiger partial charge on any atom is 0.415 e. The maximum atomic E-state index is 12.8. The van der Waals surface area contributed by atoms with Crippen LogP contribution in [-0.2, 0) is 46.5 Å². The number of hydrogen-bond acceptors (Lipinski definition) is 10. The van der Waals surface area contributed by atoms with Crippen LogP contribution < -0.4 is 4.74 Å². The van der Waals surface area contributed by atoms with E-state index in [1.807, 2.05) is 0 Å². The number of esters is 1. The smallest absolute Gasteiger partial charge is 0.415 e. The lowest BCUT2D eigenvalue weighted by molar-refractivity contribution is -0.142. The number of rotatable bonds is 18. The Bertz CT molecular complexity index is 1240. The Kier molecular flexibility index (Phi) is 14.7. The Hall–Kier alpha value is -4.55. The minimum atomic E-state index is -0.689. The van der Waals surface area contributed by atoms with Crippen LogP contribution in [0.25, 0.3) is 0 Å². The molecule has 44 heavy (non-hydrogen) atoms. The van der Waals surface area contributed by atoms with Crippen molar-refractivity contribution >= 4 is 41.5 Å². The number of ether oxygens (including phenoxy) is 3. The van der Waals surface area contributed by atoms with Crippen molar-refractivity contribution in [2.24, 2.45) is 0 Å². The first kappa shape index (κ1) is 35.6. The molecule has 0 spiro atoms. The van der Waals surface area contributed by atoms with Crippen LogP contribution in [0.3, 0.4) is 0 Å². The molecule has 0 atom stereocenters. The van der Waals surface area contributed by atoms with Crippen molar-refractivity contribution in [2.75, 3.05) is 40.8 Å². The van der Waals surface area contributed by atoms with Crippen molar-refractivity contribution in [3.63, 3.8) is 0 Å². The molecule has 0 N–H and O–H groups in total. The monoisotopic (exact) mass is 615 g/mol. The second-order valence-electron chi connectivity index (χ2n) is 10.5. The summed E-state index contributed by atoms with van der Waals surface area (Å²) in [5, 5.41) is 0. The Morgan fingerprint density at radius 1 is 0.795 bits per heavy atom. The van der Waals surface area contributed by atoms with Crippen molar-refractivity contribution in [3.8, 4) is 5.75 Å². The highest BCUT2D eigenvalue weighted by atomic mass is 16.6. The summed E-state index contributed by atoms with van der Waals surface area (Å²) in [7, 11) is 4.31. The van der Waals surface area contributed by atoms with Crippen molar-refractivity contribution < 1.29 is 47.8 Å². The van der Waals surface area contributed by atoms with E-state index in [0.717, 1.165) is 0 Å². The number of carbonyl (C=O) groups excluding carboxylic acids is 7. The van der Waals surface area contributed by atoms with Crippen LogP contribution in [0.2, 0.25) is 0 Å². The molecule has 0 saturated carbocycles. The molecular formula is C31H41N3O10. The van der Waals surface area contributed by atoms with Crippen molar-refractivity contribution in [3.05, 3.63) is 41.5 Å². The van der Waals surface area contributed by atoms with Gasteiger partial charge in [0.2, 0.25) is 0 Å². The molecule has 1 aliphatic heterocycles. The van der Waals surface area contributed by atoms with E-state index in [1.165, 1.54) is 61.0 Å². The highest BCUT2D eigenvalue weighted by Crippen LogP contribution is 2.23. The molecule has 0 unspecified atom stereocenters. The zero-order chi connectivity index (χ0) is 32.6. The van der Waals surface area contributed by atoms with Crippen LogP contribution in [0.4, 0.5) is 9.59 Å². The van der Waals surface area contributed by atoms with E-state index in [9.17, 15) is 33.6 Å². The molecule has 0 bridgehead atoms. The largest absolute Gasteiger partial charge is 0.461 e. The van der Waals surface area contributed by atoms with Gasteiger partial charge in [-0.1, -0.05) is 12.5 Å². The first-order valence-corrected chi connectivity index (χ1v) is 14.4. The van der Waals surface area contributed by atoms with Crippen LogP contribution in [0.5, 0.6) is 5.75 Å². The van der Waals surface area contributed by atoms with Gasteiger partial charge in [0, 0.05) is 84.1 Å². The average Bonchev–Trinajstić information content (AvgIpc) is 3.31. The Morgan fingerprint density at radius 3 is 2.05 bits per heavy atom. The van der Waals surface area contributed by atoms with Crippen LogP contribution in [0, 0.1) is 0 Å². The fourth-order valence-corrected chi connectivity index (χ4v) is 4.28. The van der Waals surface area contributed by atoms with Gasteiger partial charge in [-0.15, -0.1) is 0 Å². The van der Waals surface area contributed by atoms with Gasteiger partial charge in [0.15, 0.2) is 0 Å². The molecule has 0 radical (unpaired) electrons. The zero-order valence-corrected chi connectivity index (χ0v) is 25.8. The number of benzene rings is 1. The average molecular weight is 616 g/mol. The first-order chi connectivity index (χ1) is 20.9. The summed E-state index contributed by atoms with van der Waals surface area (Å²) in [5.41, 5.74) is 1.05. The standard InChI is InChI=1S/C31H41N3O10/c1-22(35)43-21-23-12-13-27(44-31(41)33(3)18-17-32(2)30(40)42-4)24(19-23)20-26(37)11-8-10-25(36)9-6-5-7-16-34-28(38)14-15-29(34)39/h12-15,19H,5-11,16-18,20-21H2,1-4H3. The molecule has 1 aromatic rings. The van der Waals surface area contributed by atoms with Crippen LogP contribution in [0.15, 0.2) is 30.4 Å². The van der Waals surface area contributed by atoms with E-state index < -0.39 is 18.2 Å². The molecule has 0 aliphatic carbocycles. The molecule has 13 heteroatoms. The van der Waals surface area contributed by atoms with Crippen LogP contribution in [-0.4, -0.2) is 97.1 Å². The number of hydrogen-bond donors (Lipinski definition) is 0. The Labute approximate surface area is 257 Å². The molecule has 1 aromatic carbocycles. The molecule has 13 nitrogen and oxygen atoms in total. The van der Waals surface area contributed by atoms with Gasteiger partial charge >= 0.3 is 18.2 Å². The zero-order valence-electron chi connectivity index (χ0n) is 25.8. The number of Topliss-reactive ketones (excluding diaryl/α,β-unsaturated/α-hetero) is 2. The Morgan fingerprint density at radius 2 is 1.41 bits per heavy atom. The summed E-state index contributed by atoms with van der Waals surface area (Å²) >= 11 is 0. The topological polar surface area (TPSA) is 157 Å². The van der Waals surface area contributed by atoms with E-state index in [0.29, 0.717) is 49.8 Å². The molecule has 0 fully saturated rings. The van der Waals surface area contributed by atoms with E-state index in [1.54, 1.807) is 12.1 Å². The highest BCUT2D eigenvalue weighted by molar-refractivity contribution is 6.12. The van der Waals surface area contributed by atoms with E-state index in [-0.39, 0.29) is 68.1 Å². The summed E-state index contributed by atoms with van der Waals surface area (Å²) in [6.45, 7) is 1.98. The van der Waals surface area contributed by atoms with Gasteiger partial charge < -0.3 is 24.0 Å². The Balaban J connectivity index is 1.85. The van der Waals surface area contributed by atoms with Gasteiger partial charge in [-0.3, -0.25) is 28.9 Å². The third kappa shape index (κ3) is 12.4. The summed E-state index contributed by atoms with van der Waals surface area (Å²) in [5.74, 6) is -1.04. The summed E-state index contributed by atoms with van der Waals surface area (Å²) in [6, 6.07) is 4.79. The molecule has 240 valence electrons. The third-order valence-corrected chi connectivity index (χ3v) is 6.87. The fourth-order valence-electron chi connectivity index (χ4n) is 4.28. The fraction of sp³-hybridized carbons (Fsp3) is 0.516. The number of imide groups is 1. The molecule has 0 aromatic heterocycles. The lowest BCUT2D eigenvalue weighted by Gasteiger charge is -2.21.